The lowest BCUT2D eigenvalue weighted by Crippen LogP contribution is -2.55. The number of methoxy groups -OCH3 is 2. The summed E-state index contributed by atoms with van der Waals surface area (Å²) in [6.07, 6.45) is -7.85. The Balaban J connectivity index is 1.14. The van der Waals surface area contributed by atoms with Crippen LogP contribution < -0.4 is 20.7 Å². The number of rotatable bonds is 13. The number of fused-ring (bicyclic) bond motifs is 6. The van der Waals surface area contributed by atoms with Crippen molar-refractivity contribution in [3.8, 4) is 17.2 Å². The summed E-state index contributed by atoms with van der Waals surface area (Å²) in [5.41, 5.74) is -3.91. The summed E-state index contributed by atoms with van der Waals surface area (Å²) in [7, 11) is 2.83. The number of hydrogen-bond acceptors (Lipinski definition) is 16. The molecule has 3 fully saturated rings. The van der Waals surface area contributed by atoms with Gasteiger partial charge in [0.2, 0.25) is 17.6 Å². The van der Waals surface area contributed by atoms with Crippen molar-refractivity contribution in [1.29, 1.82) is 0 Å². The van der Waals surface area contributed by atoms with Gasteiger partial charge >= 0.3 is 5.97 Å². The second-order valence-electron chi connectivity index (χ2n) is 14.8. The summed E-state index contributed by atoms with van der Waals surface area (Å²) in [5, 5.41) is 51.8. The summed E-state index contributed by atoms with van der Waals surface area (Å²) in [6.45, 7) is 1.70. The third kappa shape index (κ3) is 7.84. The van der Waals surface area contributed by atoms with Gasteiger partial charge in [0.1, 0.15) is 29.0 Å². The Morgan fingerprint density at radius 2 is 1.75 bits per heavy atom. The highest BCUT2D eigenvalue weighted by atomic mass is 16.7. The van der Waals surface area contributed by atoms with Crippen LogP contribution in [0.5, 0.6) is 17.2 Å². The molecule has 0 aromatic heterocycles. The normalized spacial score (nSPS) is 29.1. The number of aliphatic hydroxyl groups is 1. The first-order valence-corrected chi connectivity index (χ1v) is 19.0. The van der Waals surface area contributed by atoms with E-state index in [4.69, 9.17) is 34.9 Å². The van der Waals surface area contributed by atoms with E-state index in [0.29, 0.717) is 13.2 Å². The summed E-state index contributed by atoms with van der Waals surface area (Å²) in [6, 6.07) is 4.10. The number of aromatic hydroxyl groups is 2. The number of amides is 3. The Bertz CT molecular complexity index is 2100. The molecule has 2 aromatic rings. The number of morpholine rings is 1. The molecule has 3 amide bonds. The molecule has 1 unspecified atom stereocenters. The molecule has 5 aliphatic rings. The Morgan fingerprint density at radius 1 is 1.00 bits per heavy atom. The Labute approximate surface area is 338 Å². The number of nitrogens with zero attached hydrogens (tertiary/aromatic N) is 1. The molecule has 3 heterocycles. The number of hydrogen-bond donors (Lipinski definition) is 7. The minimum Gasteiger partial charge on any atom is -0.507 e. The number of ether oxygens (including phenoxy) is 6. The van der Waals surface area contributed by atoms with Crippen LogP contribution in [0.3, 0.4) is 0 Å². The molecule has 3 saturated heterocycles. The molecular formula is C39H46N4O16. The van der Waals surface area contributed by atoms with E-state index in [2.05, 4.69) is 20.9 Å². The number of phenolic OH excluding ortho intramolecular Hbond substituents is 2. The Morgan fingerprint density at radius 3 is 2.47 bits per heavy atom. The Hall–Kier alpha value is -5.22. The Kier molecular flexibility index (Phi) is 11.5. The number of ketones is 2. The second kappa shape index (κ2) is 16.8. The van der Waals surface area contributed by atoms with E-state index in [1.807, 2.05) is 0 Å². The number of carbonyl (C=O) groups excluding carboxylic acids is 5. The van der Waals surface area contributed by atoms with E-state index < -0.39 is 133 Å². The van der Waals surface area contributed by atoms with Gasteiger partial charge in [-0.1, -0.05) is 12.1 Å². The number of carbonyl (C=O) groups is 6. The van der Waals surface area contributed by atoms with Crippen LogP contribution in [0.15, 0.2) is 18.2 Å². The van der Waals surface area contributed by atoms with E-state index in [1.54, 1.807) is 6.92 Å². The fourth-order valence-corrected chi connectivity index (χ4v) is 8.53. The zero-order chi connectivity index (χ0) is 43.2. The fraction of sp³-hybridized carbons (Fsp3) is 0.538. The topological polar surface area (TPSA) is 278 Å². The molecule has 0 bridgehead atoms. The predicted octanol–water partition coefficient (Wildman–Crippen LogP) is -0.637. The zero-order valence-electron chi connectivity index (χ0n) is 33.3. The lowest BCUT2D eigenvalue weighted by Gasteiger charge is -2.43. The molecule has 2 aliphatic carbocycles. The highest BCUT2D eigenvalue weighted by Gasteiger charge is 2.55. The highest BCUT2D eigenvalue weighted by molar-refractivity contribution is 6.31. The molecule has 7 rings (SSSR count). The lowest BCUT2D eigenvalue weighted by molar-refractivity contribution is -0.256. The summed E-state index contributed by atoms with van der Waals surface area (Å²) in [5.74, 6) is -6.94. The van der Waals surface area contributed by atoms with Gasteiger partial charge in [0.25, 0.3) is 5.91 Å². The first-order chi connectivity index (χ1) is 28.6. The van der Waals surface area contributed by atoms with Crippen LogP contribution in [-0.4, -0.2) is 150 Å². The average molecular weight is 829 g/mol. The smallest absolute Gasteiger partial charge is 0.303 e. The van der Waals surface area contributed by atoms with Crippen LogP contribution in [0.2, 0.25) is 0 Å². The van der Waals surface area contributed by atoms with E-state index in [1.165, 1.54) is 32.4 Å². The molecule has 59 heavy (non-hydrogen) atoms. The fourth-order valence-electron chi connectivity index (χ4n) is 8.53. The van der Waals surface area contributed by atoms with Crippen LogP contribution >= 0.6 is 0 Å². The summed E-state index contributed by atoms with van der Waals surface area (Å²) >= 11 is 0. The van der Waals surface area contributed by atoms with Crippen molar-refractivity contribution in [3.63, 3.8) is 0 Å². The molecule has 2 aromatic carbocycles. The third-order valence-electron chi connectivity index (χ3n) is 11.2. The van der Waals surface area contributed by atoms with Crippen LogP contribution in [0, 0.1) is 0 Å². The van der Waals surface area contributed by atoms with Gasteiger partial charge in [-0.05, 0) is 13.0 Å². The van der Waals surface area contributed by atoms with E-state index >= 15 is 0 Å². The minimum atomic E-state index is -2.36. The molecule has 3 aliphatic heterocycles. The third-order valence-corrected chi connectivity index (χ3v) is 11.2. The van der Waals surface area contributed by atoms with Crippen molar-refractivity contribution >= 4 is 35.3 Å². The molecule has 20 heteroatoms. The zero-order valence-corrected chi connectivity index (χ0v) is 32.3. The van der Waals surface area contributed by atoms with E-state index in [0.717, 1.165) is 0 Å². The molecular weight excluding hydrogens is 780 g/mol. The molecule has 9 atom stereocenters. The second-order valence-corrected chi connectivity index (χ2v) is 14.8. The van der Waals surface area contributed by atoms with Crippen LogP contribution in [0.4, 0.5) is 0 Å². The molecule has 7 N–H and O–H groups in total. The maximum atomic E-state index is 14.1. The highest BCUT2D eigenvalue weighted by Crippen LogP contribution is 2.53. The van der Waals surface area contributed by atoms with Crippen molar-refractivity contribution in [2.24, 2.45) is 0 Å². The number of aliphatic carboxylic acids is 1. The van der Waals surface area contributed by atoms with E-state index in [9.17, 15) is 44.1 Å². The minimum absolute atomic E-state index is 0.0696. The number of nitrogens with one attached hydrogen (secondary N) is 3. The van der Waals surface area contributed by atoms with Crippen molar-refractivity contribution in [1.82, 2.24) is 20.9 Å². The number of carboxylic acid groups (broad SMARTS) is 1. The maximum Gasteiger partial charge on any atom is 0.303 e. The standard InChI is InChI=1S/C39H46N4O16/c1-17-35-20(43-11-12-56-37(55-3)36(43)59-35)13-26(57-17)58-22-15-39(53,38(52)41-10-9-40-24(45)16-42-23(44)7-8-25(46)47)14-19-28(22)34(51)30-29(32(19)49)31(48)18-5-4-6-21(54-2)27(18)33(30)50/h4-6,17,20,22,26,35-37,49,51,53H,7-16H2,1-3H3,(H,40,45)(H,41,52)(H,42,44)(H,46,47)/t17-,20-,22-,26+,35+,36+,37-,39-/m0/s1/i7T/t7?,17-,20-,22-,26+,35+,36+,37-,39-. The van der Waals surface area contributed by atoms with Gasteiger partial charge in [0.15, 0.2) is 24.6 Å². The van der Waals surface area contributed by atoms with Crippen molar-refractivity contribution in [3.05, 3.63) is 51.6 Å². The number of carboxylic acids is 1. The SMILES string of the molecule is [3H]C(CC(=O)O)C(=O)NCC(=O)NCCNC(=O)[C@]1(O)Cc2c(O)c3c(c(O)c2[C@@H](O[C@@H]2C[C@H]4[C@H](O[C@@H]5[C@@H](OC)OCCN54)[C@H](C)O2)C1)C(=O)c1c(OC)cccc1C3=O. The summed E-state index contributed by atoms with van der Waals surface area (Å²) < 4.78 is 43.2. The molecule has 0 spiro atoms. The maximum absolute atomic E-state index is 14.1. The average Bonchev–Trinajstić information content (AvgIpc) is 3.60. The summed E-state index contributed by atoms with van der Waals surface area (Å²) in [4.78, 5) is 79.0. The lowest BCUT2D eigenvalue weighted by atomic mass is 9.72. The number of phenols is 2. The van der Waals surface area contributed by atoms with Gasteiger partial charge in [-0.3, -0.25) is 33.7 Å². The molecule has 0 radical (unpaired) electrons. The number of benzene rings is 2. The van der Waals surface area contributed by atoms with Crippen LogP contribution in [0.1, 0.15) is 83.0 Å². The van der Waals surface area contributed by atoms with E-state index in [-0.39, 0.29) is 53.6 Å². The van der Waals surface area contributed by atoms with Gasteiger partial charge in [0.05, 0.1) is 55.6 Å². The molecule has 20 nitrogen and oxygen atoms in total. The van der Waals surface area contributed by atoms with Gasteiger partial charge in [-0.2, -0.15) is 0 Å². The van der Waals surface area contributed by atoms with Crippen LogP contribution in [0.25, 0.3) is 0 Å². The van der Waals surface area contributed by atoms with Crippen molar-refractivity contribution in [2.75, 3.05) is 47.0 Å². The first kappa shape index (κ1) is 40.6. The monoisotopic (exact) mass is 828 g/mol. The van der Waals surface area contributed by atoms with Crippen LogP contribution in [-0.2, 0) is 49.3 Å². The van der Waals surface area contributed by atoms with Crippen molar-refractivity contribution < 1.29 is 79.0 Å². The quantitative estimate of drug-likeness (QED) is 0.0834. The molecule has 0 saturated carbocycles. The van der Waals surface area contributed by atoms with Crippen molar-refractivity contribution in [2.45, 2.75) is 87.8 Å². The van der Waals surface area contributed by atoms with Gasteiger partial charge < -0.3 is 64.8 Å². The largest absolute Gasteiger partial charge is 0.507 e. The first-order valence-electron chi connectivity index (χ1n) is 19.6. The van der Waals surface area contributed by atoms with Gasteiger partial charge in [0, 0.05) is 76.5 Å². The van der Waals surface area contributed by atoms with Gasteiger partial charge in [-0.15, -0.1) is 0 Å². The predicted molar refractivity (Wildman–Crippen MR) is 197 cm³/mol. The van der Waals surface area contributed by atoms with Gasteiger partial charge in [-0.25, -0.2) is 0 Å². The molecule has 318 valence electrons.